The van der Waals surface area contributed by atoms with Gasteiger partial charge in [0, 0.05) is 13.0 Å². The Kier molecular flexibility index (Phi) is 29.4. The highest BCUT2D eigenvalue weighted by molar-refractivity contribution is 5.51. The summed E-state index contributed by atoms with van der Waals surface area (Å²) in [6.45, 7) is 2.65. The lowest BCUT2D eigenvalue weighted by Crippen LogP contribution is -1.89. The maximum Gasteiger partial charge on any atom is 0.123 e. The Labute approximate surface area is 214 Å². The van der Waals surface area contributed by atoms with Crippen LogP contribution in [0.3, 0.4) is 0 Å². The highest BCUT2D eigenvalue weighted by atomic mass is 16.2. The largest absolute Gasteiger partial charge is 0.396 e. The second kappa shape index (κ2) is 30.1. The molecule has 0 aromatic heterocycles. The van der Waals surface area contributed by atoms with Gasteiger partial charge < -0.3 is 9.90 Å². The van der Waals surface area contributed by atoms with Crippen molar-refractivity contribution in [3.8, 4) is 0 Å². The van der Waals surface area contributed by atoms with Crippen LogP contribution in [-0.2, 0) is 4.79 Å². The Morgan fingerprint density at radius 3 is 1.56 bits per heavy atom. The van der Waals surface area contributed by atoms with Gasteiger partial charge in [-0.3, -0.25) is 0 Å². The fraction of sp³-hybridized carbons (Fsp3) is 0.844. The molecule has 0 radical (unpaired) electrons. The van der Waals surface area contributed by atoms with Crippen molar-refractivity contribution in [2.45, 2.75) is 167 Å². The molecule has 0 unspecified atom stereocenters. The van der Waals surface area contributed by atoms with E-state index in [1.807, 2.05) is 6.08 Å². The van der Waals surface area contributed by atoms with E-state index in [0.29, 0.717) is 13.0 Å². The van der Waals surface area contributed by atoms with Crippen LogP contribution in [0.1, 0.15) is 167 Å². The van der Waals surface area contributed by atoms with E-state index in [1.165, 1.54) is 141 Å². The molecule has 0 aliphatic carbocycles. The molecule has 0 heterocycles. The zero-order chi connectivity index (χ0) is 24.8. The maximum absolute atomic E-state index is 10.2. The number of aliphatic hydroxyl groups is 1. The standard InChI is InChI=1S/C32H60O2/c1-2-3-4-17-22-27-32(29-24-19-14-16-21-26-31-34)28-23-18-13-11-9-7-5-6-8-10-12-15-20-25-30-33/h15,20,27,30,34H,2-14,16-19,21-26,28-29,31H2,1H3. The van der Waals surface area contributed by atoms with Gasteiger partial charge in [0.2, 0.25) is 0 Å². The monoisotopic (exact) mass is 476 g/mol. The molecule has 0 aliphatic rings. The van der Waals surface area contributed by atoms with Crippen molar-refractivity contribution in [3.63, 3.8) is 0 Å². The highest BCUT2D eigenvalue weighted by Gasteiger charge is 2.00. The van der Waals surface area contributed by atoms with Gasteiger partial charge in [-0.25, -0.2) is 0 Å². The summed E-state index contributed by atoms with van der Waals surface area (Å²) in [5.41, 5.74) is 1.74. The van der Waals surface area contributed by atoms with Crippen molar-refractivity contribution in [3.05, 3.63) is 23.8 Å². The van der Waals surface area contributed by atoms with E-state index in [2.05, 4.69) is 19.1 Å². The number of hydrogen-bond donors (Lipinski definition) is 1. The molecule has 2 nitrogen and oxygen atoms in total. The molecule has 0 saturated heterocycles. The molecular formula is C32H60O2. The van der Waals surface area contributed by atoms with Gasteiger partial charge in [0.15, 0.2) is 0 Å². The van der Waals surface area contributed by atoms with Gasteiger partial charge in [-0.05, 0) is 57.8 Å². The summed E-state index contributed by atoms with van der Waals surface area (Å²) in [4.78, 5) is 10.2. The third-order valence-corrected chi connectivity index (χ3v) is 6.91. The average molecular weight is 477 g/mol. The van der Waals surface area contributed by atoms with E-state index in [1.54, 1.807) is 5.57 Å². The Morgan fingerprint density at radius 2 is 1.03 bits per heavy atom. The van der Waals surface area contributed by atoms with Crippen LogP contribution in [0.4, 0.5) is 0 Å². The lowest BCUT2D eigenvalue weighted by Gasteiger charge is -2.09. The zero-order valence-electron chi connectivity index (χ0n) is 23.0. The molecule has 0 rings (SSSR count). The van der Waals surface area contributed by atoms with Crippen molar-refractivity contribution >= 4 is 6.29 Å². The number of aldehydes is 1. The molecule has 0 spiro atoms. The second-order valence-electron chi connectivity index (χ2n) is 10.3. The summed E-state index contributed by atoms with van der Waals surface area (Å²) in [5, 5.41) is 8.89. The lowest BCUT2D eigenvalue weighted by molar-refractivity contribution is -0.107. The minimum Gasteiger partial charge on any atom is -0.396 e. The SMILES string of the molecule is CCCCCCC=C(CCCCCCCCO)CCCCCCCCCCCCC=CCC=O. The summed E-state index contributed by atoms with van der Waals surface area (Å²) in [5.74, 6) is 0. The Balaban J connectivity index is 3.74. The first-order valence-corrected chi connectivity index (χ1v) is 15.2. The minimum absolute atomic E-state index is 0.355. The van der Waals surface area contributed by atoms with Gasteiger partial charge in [0.05, 0.1) is 0 Å². The first kappa shape index (κ1) is 33.1. The van der Waals surface area contributed by atoms with Crippen LogP contribution < -0.4 is 0 Å². The number of carbonyl (C=O) groups excluding carboxylic acids is 1. The molecule has 2 heteroatoms. The van der Waals surface area contributed by atoms with E-state index < -0.39 is 0 Å². The van der Waals surface area contributed by atoms with Gasteiger partial charge in [-0.1, -0.05) is 127 Å². The van der Waals surface area contributed by atoms with Crippen molar-refractivity contribution in [1.29, 1.82) is 0 Å². The van der Waals surface area contributed by atoms with Crippen molar-refractivity contribution < 1.29 is 9.90 Å². The normalized spacial score (nSPS) is 12.1. The van der Waals surface area contributed by atoms with Crippen LogP contribution in [-0.4, -0.2) is 18.0 Å². The molecule has 34 heavy (non-hydrogen) atoms. The van der Waals surface area contributed by atoms with E-state index in [0.717, 1.165) is 19.1 Å². The minimum atomic E-state index is 0.355. The van der Waals surface area contributed by atoms with Crippen LogP contribution in [0, 0.1) is 0 Å². The van der Waals surface area contributed by atoms with E-state index in [-0.39, 0.29) is 0 Å². The Morgan fingerprint density at radius 1 is 0.559 bits per heavy atom. The van der Waals surface area contributed by atoms with E-state index >= 15 is 0 Å². The van der Waals surface area contributed by atoms with Gasteiger partial charge >= 0.3 is 0 Å². The third-order valence-electron chi connectivity index (χ3n) is 6.91. The van der Waals surface area contributed by atoms with Gasteiger partial charge in [0.25, 0.3) is 0 Å². The average Bonchev–Trinajstić information content (AvgIpc) is 2.85. The summed E-state index contributed by atoms with van der Waals surface area (Å²) in [7, 11) is 0. The third kappa shape index (κ3) is 27.4. The predicted molar refractivity (Wildman–Crippen MR) is 151 cm³/mol. The first-order chi connectivity index (χ1) is 16.8. The van der Waals surface area contributed by atoms with E-state index in [9.17, 15) is 4.79 Å². The fourth-order valence-corrected chi connectivity index (χ4v) is 4.68. The fourth-order valence-electron chi connectivity index (χ4n) is 4.68. The zero-order valence-corrected chi connectivity index (χ0v) is 23.0. The summed E-state index contributed by atoms with van der Waals surface area (Å²) in [6, 6.07) is 0. The lowest BCUT2D eigenvalue weighted by atomic mass is 9.97. The molecule has 0 aromatic carbocycles. The Hall–Kier alpha value is -0.890. The van der Waals surface area contributed by atoms with E-state index in [4.69, 9.17) is 5.11 Å². The topological polar surface area (TPSA) is 37.3 Å². The van der Waals surface area contributed by atoms with Gasteiger partial charge in [-0.15, -0.1) is 0 Å². The number of aliphatic hydroxyl groups excluding tert-OH is 1. The van der Waals surface area contributed by atoms with Gasteiger partial charge in [0.1, 0.15) is 6.29 Å². The van der Waals surface area contributed by atoms with Crippen LogP contribution in [0.2, 0.25) is 0 Å². The molecule has 1 N–H and O–H groups in total. The molecule has 0 amide bonds. The Bertz CT molecular complexity index is 452. The van der Waals surface area contributed by atoms with Crippen LogP contribution in [0.25, 0.3) is 0 Å². The first-order valence-electron chi connectivity index (χ1n) is 15.2. The highest BCUT2D eigenvalue weighted by Crippen LogP contribution is 2.20. The molecule has 0 bridgehead atoms. The van der Waals surface area contributed by atoms with Crippen LogP contribution in [0.5, 0.6) is 0 Å². The summed E-state index contributed by atoms with van der Waals surface area (Å²) >= 11 is 0. The molecule has 0 atom stereocenters. The molecular weight excluding hydrogens is 416 g/mol. The van der Waals surface area contributed by atoms with Crippen molar-refractivity contribution in [2.24, 2.45) is 0 Å². The summed E-state index contributed by atoms with van der Waals surface area (Å²) in [6.07, 6.45) is 40.1. The number of hydrogen-bond acceptors (Lipinski definition) is 2. The molecule has 200 valence electrons. The second-order valence-corrected chi connectivity index (χ2v) is 10.3. The quantitative estimate of drug-likeness (QED) is 0.0692. The van der Waals surface area contributed by atoms with Crippen molar-refractivity contribution in [2.75, 3.05) is 6.61 Å². The molecule has 0 fully saturated rings. The van der Waals surface area contributed by atoms with Crippen LogP contribution in [0.15, 0.2) is 23.8 Å². The molecule has 0 aromatic rings. The predicted octanol–water partition coefficient (Wildman–Crippen LogP) is 10.4. The number of unbranched alkanes of at least 4 members (excludes halogenated alkanes) is 19. The van der Waals surface area contributed by atoms with Crippen LogP contribution >= 0.6 is 0 Å². The maximum atomic E-state index is 10.2. The number of rotatable bonds is 28. The van der Waals surface area contributed by atoms with Gasteiger partial charge in [-0.2, -0.15) is 0 Å². The number of carbonyl (C=O) groups is 1. The molecule has 0 saturated carbocycles. The summed E-state index contributed by atoms with van der Waals surface area (Å²) < 4.78 is 0. The number of allylic oxidation sites excluding steroid dienone is 4. The molecule has 0 aliphatic heterocycles. The smallest absolute Gasteiger partial charge is 0.123 e. The van der Waals surface area contributed by atoms with Crippen molar-refractivity contribution in [1.82, 2.24) is 0 Å².